The van der Waals surface area contributed by atoms with Crippen LogP contribution in [-0.4, -0.2) is 54.5 Å². The molecule has 8 nitrogen and oxygen atoms in total. The molecular weight excluding hydrogens is 436 g/mol. The van der Waals surface area contributed by atoms with Gasteiger partial charge in [-0.1, -0.05) is 48.5 Å². The smallest absolute Gasteiger partial charge is 0.408 e. The first-order chi connectivity index (χ1) is 16.5. The van der Waals surface area contributed by atoms with E-state index < -0.39 is 23.5 Å². The summed E-state index contributed by atoms with van der Waals surface area (Å²) in [6.07, 6.45) is 1.19. The third-order valence-corrected chi connectivity index (χ3v) is 7.26. The molecule has 0 bridgehead atoms. The van der Waals surface area contributed by atoms with Gasteiger partial charge in [0.15, 0.2) is 0 Å². The molecule has 3 unspecified atom stereocenters. The summed E-state index contributed by atoms with van der Waals surface area (Å²) in [4.78, 5) is 37.2. The molecule has 8 heteroatoms. The summed E-state index contributed by atoms with van der Waals surface area (Å²) < 4.78 is 11.1. The number of fused-ring (bicyclic) bond motifs is 3. The Kier molecular flexibility index (Phi) is 6.00. The number of carbonyl (C=O) groups excluding carboxylic acids is 2. The van der Waals surface area contributed by atoms with E-state index in [-0.39, 0.29) is 31.1 Å². The van der Waals surface area contributed by atoms with Gasteiger partial charge >= 0.3 is 12.1 Å². The molecule has 178 valence electrons. The number of alkyl carbamates (subject to hydrolysis) is 1. The Balaban J connectivity index is 1.23. The lowest BCUT2D eigenvalue weighted by Gasteiger charge is -2.29. The van der Waals surface area contributed by atoms with Crippen LogP contribution in [-0.2, 0) is 19.1 Å². The molecule has 2 amide bonds. The maximum atomic E-state index is 13.1. The zero-order valence-corrected chi connectivity index (χ0v) is 18.8. The van der Waals surface area contributed by atoms with Gasteiger partial charge in [-0.15, -0.1) is 0 Å². The van der Waals surface area contributed by atoms with Gasteiger partial charge < -0.3 is 25.2 Å². The highest BCUT2D eigenvalue weighted by molar-refractivity contribution is 5.91. The van der Waals surface area contributed by atoms with Crippen LogP contribution in [0.1, 0.15) is 42.7 Å². The fourth-order valence-electron chi connectivity index (χ4n) is 5.39. The minimum absolute atomic E-state index is 0.0537. The molecule has 0 radical (unpaired) electrons. The monoisotopic (exact) mass is 464 g/mol. The van der Waals surface area contributed by atoms with Crippen LogP contribution in [0.3, 0.4) is 0 Å². The average molecular weight is 465 g/mol. The van der Waals surface area contributed by atoms with Crippen LogP contribution in [0.25, 0.3) is 11.1 Å². The molecule has 1 saturated heterocycles. The van der Waals surface area contributed by atoms with E-state index in [4.69, 9.17) is 9.47 Å². The zero-order valence-electron chi connectivity index (χ0n) is 18.8. The van der Waals surface area contributed by atoms with Crippen molar-refractivity contribution < 1.29 is 29.0 Å². The predicted octanol–water partition coefficient (Wildman–Crippen LogP) is 3.05. The van der Waals surface area contributed by atoms with E-state index in [1.54, 1.807) is 0 Å². The van der Waals surface area contributed by atoms with Crippen LogP contribution in [0.5, 0.6) is 0 Å². The van der Waals surface area contributed by atoms with Crippen LogP contribution < -0.4 is 10.6 Å². The molecule has 3 N–H and O–H groups in total. The van der Waals surface area contributed by atoms with Crippen LogP contribution in [0, 0.1) is 5.92 Å². The van der Waals surface area contributed by atoms with Crippen molar-refractivity contribution in [3.63, 3.8) is 0 Å². The molecule has 3 atom stereocenters. The summed E-state index contributed by atoms with van der Waals surface area (Å²) in [5.41, 5.74) is 3.29. The van der Waals surface area contributed by atoms with Crippen LogP contribution >= 0.6 is 0 Å². The molecule has 0 spiro atoms. The van der Waals surface area contributed by atoms with E-state index in [2.05, 4.69) is 22.8 Å². The predicted molar refractivity (Wildman–Crippen MR) is 123 cm³/mol. The summed E-state index contributed by atoms with van der Waals surface area (Å²) >= 11 is 0. The summed E-state index contributed by atoms with van der Waals surface area (Å²) in [6.45, 7) is 0.554. The lowest BCUT2D eigenvalue weighted by Crippen LogP contribution is -2.60. The second-order valence-corrected chi connectivity index (χ2v) is 9.35. The molecule has 2 aromatic carbocycles. The van der Waals surface area contributed by atoms with E-state index in [0.29, 0.717) is 32.3 Å². The molecule has 34 heavy (non-hydrogen) atoms. The van der Waals surface area contributed by atoms with Crippen molar-refractivity contribution in [2.75, 3.05) is 19.8 Å². The third-order valence-electron chi connectivity index (χ3n) is 7.26. The van der Waals surface area contributed by atoms with E-state index in [0.717, 1.165) is 22.3 Å². The largest absolute Gasteiger partial charge is 0.481 e. The molecule has 2 aliphatic carbocycles. The minimum Gasteiger partial charge on any atom is -0.481 e. The summed E-state index contributed by atoms with van der Waals surface area (Å²) in [5.74, 6) is -1.72. The Morgan fingerprint density at radius 2 is 1.71 bits per heavy atom. The highest BCUT2D eigenvalue weighted by Gasteiger charge is 2.46. The first-order valence-electron chi connectivity index (χ1n) is 11.7. The Morgan fingerprint density at radius 1 is 1.03 bits per heavy atom. The molecule has 2 aromatic rings. The normalized spacial score (nSPS) is 25.4. The molecule has 2 fully saturated rings. The lowest BCUT2D eigenvalue weighted by atomic mass is 9.96. The van der Waals surface area contributed by atoms with Crippen LogP contribution in [0.15, 0.2) is 48.5 Å². The van der Waals surface area contributed by atoms with E-state index in [9.17, 15) is 19.5 Å². The van der Waals surface area contributed by atoms with E-state index in [1.807, 2.05) is 36.4 Å². The number of amides is 2. The highest BCUT2D eigenvalue weighted by Crippen LogP contribution is 2.44. The first-order valence-corrected chi connectivity index (χ1v) is 11.7. The summed E-state index contributed by atoms with van der Waals surface area (Å²) in [7, 11) is 0. The van der Waals surface area contributed by atoms with Gasteiger partial charge in [0.05, 0.1) is 12.5 Å². The molecular formula is C26H28N2O6. The standard InChI is InChI=1S/C26H28N2O6/c29-23(30)16-9-10-17(13-16)27-24(31)26(11-12-33-15-26)28-25(32)34-14-22-20-7-3-1-5-18(20)19-6-2-4-8-21(19)22/h1-8,16-17,22H,9-15H2,(H,27,31)(H,28,32)(H,29,30). The number of rotatable bonds is 6. The number of carboxylic acid groups (broad SMARTS) is 1. The topological polar surface area (TPSA) is 114 Å². The first kappa shape index (κ1) is 22.4. The van der Waals surface area contributed by atoms with Gasteiger partial charge in [0, 0.05) is 25.0 Å². The second-order valence-electron chi connectivity index (χ2n) is 9.35. The Hall–Kier alpha value is -3.39. The quantitative estimate of drug-likeness (QED) is 0.606. The third kappa shape index (κ3) is 4.14. The van der Waals surface area contributed by atoms with Crippen molar-refractivity contribution in [2.24, 2.45) is 5.92 Å². The van der Waals surface area contributed by atoms with Crippen molar-refractivity contribution in [3.8, 4) is 11.1 Å². The van der Waals surface area contributed by atoms with Crippen molar-refractivity contribution in [1.29, 1.82) is 0 Å². The number of carboxylic acids is 1. The van der Waals surface area contributed by atoms with Crippen molar-refractivity contribution >= 4 is 18.0 Å². The second kappa shape index (κ2) is 9.10. The lowest BCUT2D eigenvalue weighted by molar-refractivity contribution is -0.141. The maximum Gasteiger partial charge on any atom is 0.408 e. The summed E-state index contributed by atoms with van der Waals surface area (Å²) in [6, 6.07) is 16.0. The Bertz CT molecular complexity index is 1060. The van der Waals surface area contributed by atoms with Gasteiger partial charge in [0.25, 0.3) is 0 Å². The molecule has 0 aromatic heterocycles. The molecule has 1 saturated carbocycles. The number of nitrogens with one attached hydrogen (secondary N) is 2. The Morgan fingerprint density at radius 3 is 2.29 bits per heavy atom. The molecule has 1 aliphatic heterocycles. The van der Waals surface area contributed by atoms with Gasteiger partial charge in [0.2, 0.25) is 5.91 Å². The fraction of sp³-hybridized carbons (Fsp3) is 0.423. The maximum absolute atomic E-state index is 13.1. The SMILES string of the molecule is O=C(NC1(C(=O)NC2CCC(C(=O)O)C2)CCOC1)OCC1c2ccccc2-c2ccccc21. The van der Waals surface area contributed by atoms with Gasteiger partial charge in [-0.05, 0) is 41.5 Å². The van der Waals surface area contributed by atoms with Crippen molar-refractivity contribution in [1.82, 2.24) is 10.6 Å². The number of hydrogen-bond acceptors (Lipinski definition) is 5. The van der Waals surface area contributed by atoms with Crippen LogP contribution in [0.4, 0.5) is 4.79 Å². The van der Waals surface area contributed by atoms with Gasteiger partial charge in [-0.25, -0.2) is 4.79 Å². The van der Waals surface area contributed by atoms with Gasteiger partial charge in [-0.2, -0.15) is 0 Å². The fourth-order valence-corrected chi connectivity index (χ4v) is 5.39. The molecule has 3 aliphatic rings. The highest BCUT2D eigenvalue weighted by atomic mass is 16.6. The number of aliphatic carboxylic acids is 1. The number of ether oxygens (including phenoxy) is 2. The molecule has 1 heterocycles. The zero-order chi connectivity index (χ0) is 23.7. The average Bonchev–Trinajstić information content (AvgIpc) is 3.56. The minimum atomic E-state index is -1.22. The van der Waals surface area contributed by atoms with Gasteiger partial charge in [-0.3, -0.25) is 9.59 Å². The van der Waals surface area contributed by atoms with Crippen molar-refractivity contribution in [3.05, 3.63) is 59.7 Å². The van der Waals surface area contributed by atoms with Crippen LogP contribution in [0.2, 0.25) is 0 Å². The van der Waals surface area contributed by atoms with Gasteiger partial charge in [0.1, 0.15) is 12.1 Å². The van der Waals surface area contributed by atoms with Crippen molar-refractivity contribution in [2.45, 2.75) is 43.2 Å². The van der Waals surface area contributed by atoms with E-state index >= 15 is 0 Å². The summed E-state index contributed by atoms with van der Waals surface area (Å²) in [5, 5.41) is 14.9. The Labute approximate surface area is 197 Å². The van der Waals surface area contributed by atoms with E-state index in [1.165, 1.54) is 0 Å². The molecule has 5 rings (SSSR count). The number of benzene rings is 2. The number of carbonyl (C=O) groups is 3. The number of hydrogen-bond donors (Lipinski definition) is 3.